The van der Waals surface area contributed by atoms with E-state index < -0.39 is 10.2 Å². The second kappa shape index (κ2) is 8.03. The minimum Gasteiger partial charge on any atom is -0.317 e. The van der Waals surface area contributed by atoms with Gasteiger partial charge in [0.1, 0.15) is 0 Å². The highest BCUT2D eigenvalue weighted by Crippen LogP contribution is 2.14. The standard InChI is InChI=1S/C12H20IN3O2S/c1-3-14-8-5-9-16(2)19(17,18)15-12-7-4-6-11(13)10-12/h4,6-7,10,14-15H,3,5,8-9H2,1-2H3. The number of anilines is 1. The third-order valence-corrected chi connectivity index (χ3v) is 4.73. The van der Waals surface area contributed by atoms with Gasteiger partial charge in [-0.1, -0.05) is 13.0 Å². The molecular weight excluding hydrogens is 377 g/mol. The summed E-state index contributed by atoms with van der Waals surface area (Å²) in [7, 11) is -1.88. The smallest absolute Gasteiger partial charge is 0.301 e. The molecule has 1 rings (SSSR count). The Morgan fingerprint density at radius 2 is 2.11 bits per heavy atom. The van der Waals surface area contributed by atoms with Crippen LogP contribution in [0.25, 0.3) is 0 Å². The second-order valence-corrected chi connectivity index (χ2v) is 7.17. The number of nitrogens with one attached hydrogen (secondary N) is 2. The van der Waals surface area contributed by atoms with E-state index >= 15 is 0 Å². The molecule has 0 radical (unpaired) electrons. The topological polar surface area (TPSA) is 61.4 Å². The Bertz CT molecular complexity index is 494. The van der Waals surface area contributed by atoms with Gasteiger partial charge in [0.25, 0.3) is 0 Å². The molecule has 0 saturated heterocycles. The van der Waals surface area contributed by atoms with Gasteiger partial charge in [0.2, 0.25) is 0 Å². The van der Waals surface area contributed by atoms with Crippen molar-refractivity contribution in [3.8, 4) is 0 Å². The van der Waals surface area contributed by atoms with E-state index in [1.807, 2.05) is 19.1 Å². The Kier molecular flexibility index (Phi) is 7.05. The molecule has 0 aromatic heterocycles. The van der Waals surface area contributed by atoms with Crippen LogP contribution in [0, 0.1) is 3.57 Å². The van der Waals surface area contributed by atoms with E-state index in [1.54, 1.807) is 19.2 Å². The van der Waals surface area contributed by atoms with Crippen LogP contribution in [0.2, 0.25) is 0 Å². The molecule has 19 heavy (non-hydrogen) atoms. The van der Waals surface area contributed by atoms with Gasteiger partial charge in [-0.05, 0) is 60.3 Å². The van der Waals surface area contributed by atoms with Crippen molar-refractivity contribution in [3.63, 3.8) is 0 Å². The summed E-state index contributed by atoms with van der Waals surface area (Å²) in [6.45, 7) is 4.24. The average molecular weight is 397 g/mol. The van der Waals surface area contributed by atoms with Crippen LogP contribution in [0.1, 0.15) is 13.3 Å². The zero-order valence-electron chi connectivity index (χ0n) is 11.2. The summed E-state index contributed by atoms with van der Waals surface area (Å²) in [4.78, 5) is 0. The monoisotopic (exact) mass is 397 g/mol. The average Bonchev–Trinajstić information content (AvgIpc) is 2.33. The predicted octanol–water partition coefficient (Wildman–Crippen LogP) is 1.88. The molecule has 0 fully saturated rings. The third-order valence-electron chi connectivity index (χ3n) is 2.56. The second-order valence-electron chi connectivity index (χ2n) is 4.15. The fourth-order valence-corrected chi connectivity index (χ4v) is 3.00. The lowest BCUT2D eigenvalue weighted by Gasteiger charge is -2.18. The lowest BCUT2D eigenvalue weighted by molar-refractivity contribution is 0.459. The maximum absolute atomic E-state index is 12.1. The first-order valence-electron chi connectivity index (χ1n) is 6.16. The number of hydrogen-bond donors (Lipinski definition) is 2. The Balaban J connectivity index is 2.55. The summed E-state index contributed by atoms with van der Waals surface area (Å²) in [5.41, 5.74) is 0.588. The zero-order valence-corrected chi connectivity index (χ0v) is 14.2. The SMILES string of the molecule is CCNCCCN(C)S(=O)(=O)Nc1cccc(I)c1. The van der Waals surface area contributed by atoms with Crippen LogP contribution in [0.5, 0.6) is 0 Å². The van der Waals surface area contributed by atoms with Gasteiger partial charge in [-0.3, -0.25) is 4.72 Å². The Morgan fingerprint density at radius 3 is 2.74 bits per heavy atom. The molecule has 108 valence electrons. The van der Waals surface area contributed by atoms with Gasteiger partial charge in [-0.25, -0.2) is 0 Å². The molecule has 2 N–H and O–H groups in total. The first kappa shape index (κ1) is 16.7. The van der Waals surface area contributed by atoms with Crippen LogP contribution in [-0.2, 0) is 10.2 Å². The number of benzene rings is 1. The highest BCUT2D eigenvalue weighted by molar-refractivity contribution is 14.1. The van der Waals surface area contributed by atoms with Crippen LogP contribution in [-0.4, -0.2) is 39.4 Å². The molecule has 1 aromatic rings. The minimum absolute atomic E-state index is 0.492. The van der Waals surface area contributed by atoms with Crippen molar-refractivity contribution in [2.75, 3.05) is 31.4 Å². The third kappa shape index (κ3) is 6.07. The molecule has 0 aliphatic carbocycles. The van der Waals surface area contributed by atoms with Crippen molar-refractivity contribution in [2.45, 2.75) is 13.3 Å². The highest BCUT2D eigenvalue weighted by atomic mass is 127. The molecule has 0 bridgehead atoms. The van der Waals surface area contributed by atoms with E-state index in [4.69, 9.17) is 0 Å². The van der Waals surface area contributed by atoms with Gasteiger partial charge in [0.15, 0.2) is 0 Å². The molecule has 0 atom stereocenters. The Hall–Kier alpha value is -0.380. The summed E-state index contributed by atoms with van der Waals surface area (Å²) < 4.78 is 29.0. The molecular formula is C12H20IN3O2S. The summed E-state index contributed by atoms with van der Waals surface area (Å²) in [5, 5.41) is 3.17. The van der Waals surface area contributed by atoms with Gasteiger partial charge >= 0.3 is 10.2 Å². The van der Waals surface area contributed by atoms with Crippen LogP contribution in [0.3, 0.4) is 0 Å². The number of rotatable bonds is 8. The van der Waals surface area contributed by atoms with Gasteiger partial charge in [-0.15, -0.1) is 0 Å². The molecule has 1 aromatic carbocycles. The van der Waals surface area contributed by atoms with Gasteiger partial charge in [-0.2, -0.15) is 12.7 Å². The van der Waals surface area contributed by atoms with Crippen LogP contribution in [0.4, 0.5) is 5.69 Å². The normalized spacial score (nSPS) is 11.8. The summed E-state index contributed by atoms with van der Waals surface area (Å²) in [6, 6.07) is 7.28. The maximum Gasteiger partial charge on any atom is 0.301 e. The van der Waals surface area contributed by atoms with E-state index in [-0.39, 0.29) is 0 Å². The maximum atomic E-state index is 12.1. The van der Waals surface area contributed by atoms with E-state index in [1.165, 1.54) is 4.31 Å². The fourth-order valence-electron chi connectivity index (χ4n) is 1.50. The predicted molar refractivity (Wildman–Crippen MR) is 87.5 cm³/mol. The van der Waals surface area contributed by atoms with Gasteiger partial charge in [0.05, 0.1) is 5.69 Å². The molecule has 0 spiro atoms. The van der Waals surface area contributed by atoms with Crippen molar-refractivity contribution in [1.82, 2.24) is 9.62 Å². The van der Waals surface area contributed by atoms with E-state index in [0.29, 0.717) is 12.2 Å². The summed E-state index contributed by atoms with van der Waals surface area (Å²) in [5.74, 6) is 0. The Labute approximate surface area is 129 Å². The van der Waals surface area contributed by atoms with E-state index in [9.17, 15) is 8.42 Å². The van der Waals surface area contributed by atoms with Crippen LogP contribution < -0.4 is 10.0 Å². The molecule has 0 aliphatic rings. The van der Waals surface area contributed by atoms with E-state index in [2.05, 4.69) is 32.6 Å². The lowest BCUT2D eigenvalue weighted by atomic mass is 10.3. The molecule has 0 heterocycles. The molecule has 0 aliphatic heterocycles. The zero-order chi connectivity index (χ0) is 14.3. The van der Waals surface area contributed by atoms with Crippen LogP contribution in [0.15, 0.2) is 24.3 Å². The first-order valence-corrected chi connectivity index (χ1v) is 8.68. The number of nitrogens with zero attached hydrogens (tertiary/aromatic N) is 1. The van der Waals surface area contributed by atoms with Crippen molar-refractivity contribution < 1.29 is 8.42 Å². The van der Waals surface area contributed by atoms with Crippen molar-refractivity contribution in [1.29, 1.82) is 0 Å². The molecule has 0 unspecified atom stereocenters. The van der Waals surface area contributed by atoms with Crippen LogP contribution >= 0.6 is 22.6 Å². The Morgan fingerprint density at radius 1 is 1.37 bits per heavy atom. The van der Waals surface area contributed by atoms with Gasteiger partial charge < -0.3 is 5.32 Å². The largest absolute Gasteiger partial charge is 0.317 e. The molecule has 0 saturated carbocycles. The van der Waals surface area contributed by atoms with Crippen molar-refractivity contribution in [3.05, 3.63) is 27.8 Å². The number of halogens is 1. The quantitative estimate of drug-likeness (QED) is 0.520. The number of hydrogen-bond acceptors (Lipinski definition) is 3. The summed E-state index contributed by atoms with van der Waals surface area (Å²) in [6.07, 6.45) is 0.789. The van der Waals surface area contributed by atoms with E-state index in [0.717, 1.165) is 23.1 Å². The van der Waals surface area contributed by atoms with Crippen molar-refractivity contribution >= 4 is 38.5 Å². The van der Waals surface area contributed by atoms with Gasteiger partial charge in [0, 0.05) is 17.2 Å². The highest BCUT2D eigenvalue weighted by Gasteiger charge is 2.16. The molecule has 7 heteroatoms. The van der Waals surface area contributed by atoms with Crippen molar-refractivity contribution in [2.24, 2.45) is 0 Å². The minimum atomic E-state index is -3.47. The lowest BCUT2D eigenvalue weighted by Crippen LogP contribution is -2.34. The fraction of sp³-hybridized carbons (Fsp3) is 0.500. The first-order chi connectivity index (χ1) is 8.95. The molecule has 5 nitrogen and oxygen atoms in total. The molecule has 0 amide bonds. The summed E-state index contributed by atoms with van der Waals surface area (Å²) >= 11 is 2.15.